The van der Waals surface area contributed by atoms with Gasteiger partial charge in [-0.2, -0.15) is 5.26 Å². The summed E-state index contributed by atoms with van der Waals surface area (Å²) in [5.41, 5.74) is 1.26. The highest BCUT2D eigenvalue weighted by Gasteiger charge is 2.12. The van der Waals surface area contributed by atoms with Crippen LogP contribution >= 0.6 is 0 Å². The van der Waals surface area contributed by atoms with Gasteiger partial charge in [0.1, 0.15) is 11.9 Å². The first-order chi connectivity index (χ1) is 9.28. The lowest BCUT2D eigenvalue weighted by molar-refractivity contribution is 0.153. The molecule has 2 N–H and O–H groups in total. The molecule has 1 aromatic carbocycles. The molecule has 98 valence electrons. The maximum absolute atomic E-state index is 9.24. The Kier molecular flexibility index (Phi) is 4.29. The van der Waals surface area contributed by atoms with E-state index in [-0.39, 0.29) is 12.6 Å². The Hall–Kier alpha value is -2.16. The van der Waals surface area contributed by atoms with Crippen LogP contribution < -0.4 is 5.32 Å². The van der Waals surface area contributed by atoms with Crippen molar-refractivity contribution in [3.05, 3.63) is 35.9 Å². The highest BCUT2D eigenvalue weighted by molar-refractivity contribution is 5.82. The standard InChI is InChI=1S/C14H15N3O2/c1-19-9-12(8-18)16-14-11(7-15)6-10-4-2-3-5-13(10)17-14/h2-6,12,18H,8-9H2,1H3,(H,16,17). The molecule has 0 aliphatic carbocycles. The van der Waals surface area contributed by atoms with E-state index < -0.39 is 0 Å². The van der Waals surface area contributed by atoms with E-state index in [9.17, 15) is 5.11 Å². The van der Waals surface area contributed by atoms with Crippen LogP contribution in [-0.2, 0) is 4.74 Å². The molecule has 1 unspecified atom stereocenters. The number of ether oxygens (including phenoxy) is 1. The van der Waals surface area contributed by atoms with E-state index in [1.165, 1.54) is 0 Å². The number of methoxy groups -OCH3 is 1. The number of hydrogen-bond donors (Lipinski definition) is 2. The van der Waals surface area contributed by atoms with Crippen LogP contribution in [0.2, 0.25) is 0 Å². The zero-order valence-electron chi connectivity index (χ0n) is 10.6. The quantitative estimate of drug-likeness (QED) is 0.849. The van der Waals surface area contributed by atoms with Crippen molar-refractivity contribution in [2.24, 2.45) is 0 Å². The fourth-order valence-corrected chi connectivity index (χ4v) is 1.85. The smallest absolute Gasteiger partial charge is 0.145 e. The van der Waals surface area contributed by atoms with Crippen LogP contribution in [0.4, 0.5) is 5.82 Å². The van der Waals surface area contributed by atoms with Gasteiger partial charge < -0.3 is 15.2 Å². The Labute approximate surface area is 111 Å². The van der Waals surface area contributed by atoms with Crippen LogP contribution in [0.3, 0.4) is 0 Å². The van der Waals surface area contributed by atoms with Crippen LogP contribution in [0.25, 0.3) is 10.9 Å². The number of aromatic nitrogens is 1. The zero-order chi connectivity index (χ0) is 13.7. The summed E-state index contributed by atoms with van der Waals surface area (Å²) in [6, 6.07) is 11.2. The summed E-state index contributed by atoms with van der Waals surface area (Å²) in [5.74, 6) is 0.470. The molecule has 1 aromatic heterocycles. The van der Waals surface area contributed by atoms with E-state index in [0.717, 1.165) is 10.9 Å². The highest BCUT2D eigenvalue weighted by atomic mass is 16.5. The summed E-state index contributed by atoms with van der Waals surface area (Å²) < 4.78 is 4.99. The Morgan fingerprint density at radius 3 is 2.95 bits per heavy atom. The van der Waals surface area contributed by atoms with E-state index in [0.29, 0.717) is 18.0 Å². The largest absolute Gasteiger partial charge is 0.394 e. The van der Waals surface area contributed by atoms with Crippen molar-refractivity contribution < 1.29 is 9.84 Å². The number of rotatable bonds is 5. The van der Waals surface area contributed by atoms with Gasteiger partial charge in [0.15, 0.2) is 0 Å². The predicted octanol–water partition coefficient (Wildman–Crippen LogP) is 1.53. The Morgan fingerprint density at radius 1 is 1.47 bits per heavy atom. The molecule has 19 heavy (non-hydrogen) atoms. The minimum absolute atomic E-state index is 0.0901. The van der Waals surface area contributed by atoms with Gasteiger partial charge in [-0.1, -0.05) is 18.2 Å². The van der Waals surface area contributed by atoms with E-state index in [1.807, 2.05) is 24.3 Å². The Balaban J connectivity index is 2.38. The van der Waals surface area contributed by atoms with Crippen molar-refractivity contribution in [1.82, 2.24) is 4.98 Å². The maximum Gasteiger partial charge on any atom is 0.145 e. The molecule has 0 aliphatic rings. The summed E-state index contributed by atoms with van der Waals surface area (Å²) >= 11 is 0. The number of aliphatic hydroxyl groups is 1. The second-order valence-electron chi connectivity index (χ2n) is 4.17. The number of nitrogens with zero attached hydrogens (tertiary/aromatic N) is 2. The molecule has 0 aliphatic heterocycles. The fraction of sp³-hybridized carbons (Fsp3) is 0.286. The zero-order valence-corrected chi connectivity index (χ0v) is 10.6. The van der Waals surface area contributed by atoms with Crippen LogP contribution in [0.1, 0.15) is 5.56 Å². The summed E-state index contributed by atoms with van der Waals surface area (Å²) in [7, 11) is 1.56. The van der Waals surface area contributed by atoms with Crippen LogP contribution in [0.15, 0.2) is 30.3 Å². The van der Waals surface area contributed by atoms with Crippen molar-refractivity contribution in [1.29, 1.82) is 5.26 Å². The molecule has 0 radical (unpaired) electrons. The first-order valence-electron chi connectivity index (χ1n) is 5.94. The molecule has 0 amide bonds. The molecule has 5 nitrogen and oxygen atoms in total. The van der Waals surface area contributed by atoms with Crippen molar-refractivity contribution in [3.8, 4) is 6.07 Å². The predicted molar refractivity (Wildman–Crippen MR) is 72.8 cm³/mol. The van der Waals surface area contributed by atoms with Gasteiger partial charge in [0, 0.05) is 12.5 Å². The number of para-hydroxylation sites is 1. The molecule has 2 rings (SSSR count). The molecule has 0 bridgehead atoms. The number of hydrogen-bond acceptors (Lipinski definition) is 5. The molecule has 0 spiro atoms. The third kappa shape index (κ3) is 2.99. The van der Waals surface area contributed by atoms with Crippen LogP contribution in [-0.4, -0.2) is 36.5 Å². The third-order valence-electron chi connectivity index (χ3n) is 2.77. The summed E-state index contributed by atoms with van der Waals surface area (Å²) in [4.78, 5) is 4.42. The average molecular weight is 257 g/mol. The van der Waals surface area contributed by atoms with Gasteiger partial charge in [0.25, 0.3) is 0 Å². The van der Waals surface area contributed by atoms with Gasteiger partial charge in [-0.3, -0.25) is 0 Å². The molecule has 1 atom stereocenters. The topological polar surface area (TPSA) is 78.2 Å². The van der Waals surface area contributed by atoms with Gasteiger partial charge in [-0.15, -0.1) is 0 Å². The van der Waals surface area contributed by atoms with Gasteiger partial charge in [0.05, 0.1) is 30.3 Å². The number of aliphatic hydroxyl groups excluding tert-OH is 1. The van der Waals surface area contributed by atoms with Gasteiger partial charge in [0.2, 0.25) is 0 Å². The van der Waals surface area contributed by atoms with Crippen LogP contribution in [0, 0.1) is 11.3 Å². The molecule has 0 fully saturated rings. The molecular formula is C14H15N3O2. The number of benzene rings is 1. The second kappa shape index (κ2) is 6.14. The maximum atomic E-state index is 9.24. The van der Waals surface area contributed by atoms with Crippen molar-refractivity contribution in [3.63, 3.8) is 0 Å². The van der Waals surface area contributed by atoms with Crippen molar-refractivity contribution >= 4 is 16.7 Å². The van der Waals surface area contributed by atoms with Crippen molar-refractivity contribution in [2.45, 2.75) is 6.04 Å². The SMILES string of the molecule is COCC(CO)Nc1nc2ccccc2cc1C#N. The minimum atomic E-state index is -0.286. The van der Waals surface area contributed by atoms with Crippen LogP contribution in [0.5, 0.6) is 0 Å². The number of fused-ring (bicyclic) bond motifs is 1. The molecule has 0 saturated heterocycles. The normalized spacial score (nSPS) is 12.1. The lowest BCUT2D eigenvalue weighted by atomic mass is 10.1. The second-order valence-corrected chi connectivity index (χ2v) is 4.17. The number of anilines is 1. The molecule has 0 saturated carbocycles. The lowest BCUT2D eigenvalue weighted by Crippen LogP contribution is -2.29. The molecular weight excluding hydrogens is 242 g/mol. The van der Waals surface area contributed by atoms with E-state index in [2.05, 4.69) is 16.4 Å². The summed E-state index contributed by atoms with van der Waals surface area (Å²) in [6.45, 7) is 0.253. The van der Waals surface area contributed by atoms with E-state index in [1.54, 1.807) is 13.2 Å². The molecule has 2 aromatic rings. The first kappa shape index (κ1) is 13.3. The number of nitriles is 1. The molecule has 5 heteroatoms. The lowest BCUT2D eigenvalue weighted by Gasteiger charge is -2.17. The summed E-state index contributed by atoms with van der Waals surface area (Å²) in [6.07, 6.45) is 0. The minimum Gasteiger partial charge on any atom is -0.394 e. The number of nitrogens with one attached hydrogen (secondary N) is 1. The fourth-order valence-electron chi connectivity index (χ4n) is 1.85. The van der Waals surface area contributed by atoms with Gasteiger partial charge in [-0.25, -0.2) is 4.98 Å². The molecule has 1 heterocycles. The number of pyridine rings is 1. The monoisotopic (exact) mass is 257 g/mol. The Bertz CT molecular complexity index is 607. The van der Waals surface area contributed by atoms with Crippen molar-refractivity contribution in [2.75, 3.05) is 25.6 Å². The summed E-state index contributed by atoms with van der Waals surface area (Å²) in [5, 5.41) is 22.4. The van der Waals surface area contributed by atoms with E-state index >= 15 is 0 Å². The van der Waals surface area contributed by atoms with E-state index in [4.69, 9.17) is 10.00 Å². The first-order valence-corrected chi connectivity index (χ1v) is 5.94. The average Bonchev–Trinajstić information content (AvgIpc) is 2.46. The van der Waals surface area contributed by atoms with Gasteiger partial charge in [-0.05, 0) is 12.1 Å². The third-order valence-corrected chi connectivity index (χ3v) is 2.77. The highest BCUT2D eigenvalue weighted by Crippen LogP contribution is 2.20. The van der Waals surface area contributed by atoms with Gasteiger partial charge >= 0.3 is 0 Å². The Morgan fingerprint density at radius 2 is 2.26 bits per heavy atom.